The van der Waals surface area contributed by atoms with E-state index in [0.29, 0.717) is 28.6 Å². The summed E-state index contributed by atoms with van der Waals surface area (Å²) in [5.41, 5.74) is 8.10. The molecule has 4 aliphatic heterocycles. The summed E-state index contributed by atoms with van der Waals surface area (Å²) < 4.78 is 42.2. The molecule has 278 valence electrons. The number of esters is 1. The molecule has 0 saturated carbocycles. The number of aromatic nitrogens is 1. The second kappa shape index (κ2) is 13.2. The van der Waals surface area contributed by atoms with Crippen LogP contribution in [0.4, 0.5) is 0 Å². The Hall–Kier alpha value is -5.52. The second-order valence-corrected chi connectivity index (χ2v) is 13.2. The quantitative estimate of drug-likeness (QED) is 0.101. The van der Waals surface area contributed by atoms with Crippen molar-refractivity contribution in [3.8, 4) is 39.9 Å². The number of aliphatic hydroxyl groups is 3. The number of carbonyl (C=O) groups is 2. The monoisotopic (exact) mass is 731 g/mol. The van der Waals surface area contributed by atoms with E-state index in [9.17, 15) is 24.9 Å². The minimum absolute atomic E-state index is 0.154. The maximum atomic E-state index is 12.5. The molecule has 4 aromatic rings. The van der Waals surface area contributed by atoms with Crippen molar-refractivity contribution in [1.82, 2.24) is 10.3 Å². The third kappa shape index (κ3) is 5.57. The van der Waals surface area contributed by atoms with E-state index < -0.39 is 66.9 Å². The normalized spacial score (nSPS) is 29.5. The van der Waals surface area contributed by atoms with Gasteiger partial charge in [0.2, 0.25) is 12.0 Å². The Balaban J connectivity index is 1.20. The first kappa shape index (κ1) is 34.6. The van der Waals surface area contributed by atoms with Crippen LogP contribution in [0.3, 0.4) is 0 Å². The van der Waals surface area contributed by atoms with Crippen LogP contribution in [0.5, 0.6) is 28.7 Å². The maximum Gasteiger partial charge on any atom is 0.317 e. The van der Waals surface area contributed by atoms with Gasteiger partial charge in [0.15, 0.2) is 23.2 Å². The lowest BCUT2D eigenvalue weighted by Crippen LogP contribution is -2.74. The highest BCUT2D eigenvalue weighted by molar-refractivity contribution is 5.97. The third-order valence-corrected chi connectivity index (χ3v) is 10.2. The molecule has 53 heavy (non-hydrogen) atoms. The van der Waals surface area contributed by atoms with Crippen molar-refractivity contribution in [2.24, 2.45) is 5.73 Å². The molecule has 0 aliphatic carbocycles. The van der Waals surface area contributed by atoms with Crippen LogP contribution in [0.1, 0.15) is 29.6 Å². The Kier molecular flexibility index (Phi) is 8.58. The summed E-state index contributed by atoms with van der Waals surface area (Å²) >= 11 is 0. The van der Waals surface area contributed by atoms with E-state index in [1.165, 1.54) is 12.3 Å². The average molecular weight is 732 g/mol. The molecule has 4 aliphatic rings. The fourth-order valence-electron chi connectivity index (χ4n) is 7.70. The number of aromatic amines is 1. The van der Waals surface area contributed by atoms with Gasteiger partial charge in [-0.05, 0) is 36.0 Å². The number of fused-ring (bicyclic) bond motifs is 6. The lowest BCUT2D eigenvalue weighted by molar-refractivity contribution is -0.321. The fourth-order valence-corrected chi connectivity index (χ4v) is 7.70. The highest BCUT2D eigenvalue weighted by Crippen LogP contribution is 2.58. The Labute approximate surface area is 301 Å². The van der Waals surface area contributed by atoms with E-state index in [4.69, 9.17) is 44.0 Å². The number of ether oxygens (including phenoxy) is 7. The summed E-state index contributed by atoms with van der Waals surface area (Å²) in [4.78, 5) is 27.0. The van der Waals surface area contributed by atoms with Gasteiger partial charge in [-0.2, -0.15) is 0 Å². The Morgan fingerprint density at radius 3 is 2.62 bits per heavy atom. The Bertz CT molecular complexity index is 2120. The minimum Gasteiger partial charge on any atom is -0.493 e. The number of hydrogen-bond acceptors (Lipinski definition) is 14. The van der Waals surface area contributed by atoms with Gasteiger partial charge in [0, 0.05) is 39.9 Å². The van der Waals surface area contributed by atoms with Crippen LogP contribution in [0.2, 0.25) is 0 Å². The minimum atomic E-state index is -2.07. The number of rotatable bonds is 8. The summed E-state index contributed by atoms with van der Waals surface area (Å²) in [6.45, 7) is 0.243. The molecule has 8 rings (SSSR count). The molecule has 0 radical (unpaired) electrons. The van der Waals surface area contributed by atoms with Crippen molar-refractivity contribution in [1.29, 1.82) is 0 Å². The lowest BCUT2D eigenvalue weighted by Gasteiger charge is -2.52. The van der Waals surface area contributed by atoms with E-state index in [2.05, 4.69) is 10.3 Å². The molecule has 8 N–H and O–H groups in total. The number of nitrogens with one attached hydrogen (secondary N) is 2. The molecule has 5 heterocycles. The predicted octanol–water partition coefficient (Wildman–Crippen LogP) is 1.81. The van der Waals surface area contributed by atoms with Crippen molar-refractivity contribution in [3.05, 3.63) is 78.1 Å². The first-order chi connectivity index (χ1) is 25.5. The van der Waals surface area contributed by atoms with Crippen molar-refractivity contribution in [2.75, 3.05) is 20.8 Å². The van der Waals surface area contributed by atoms with Crippen molar-refractivity contribution < 1.29 is 63.2 Å². The van der Waals surface area contributed by atoms with Crippen LogP contribution in [0.25, 0.3) is 22.0 Å². The van der Waals surface area contributed by atoms with E-state index >= 15 is 0 Å². The molecule has 3 aromatic carbocycles. The first-order valence-electron chi connectivity index (χ1n) is 16.8. The average Bonchev–Trinajstić information content (AvgIpc) is 3.75. The number of aliphatic hydroxyl groups excluding tert-OH is 3. The molecule has 0 bridgehead atoms. The molecule has 1 aromatic heterocycles. The smallest absolute Gasteiger partial charge is 0.317 e. The van der Waals surface area contributed by atoms with Crippen LogP contribution in [0.15, 0.2) is 67.0 Å². The molecule has 1 saturated heterocycles. The summed E-state index contributed by atoms with van der Waals surface area (Å²) in [6, 6.07) is 14.8. The fraction of sp³-hybridized carbons (Fsp3) is 0.351. The molecule has 1 fully saturated rings. The molecule has 0 unspecified atom stereocenters. The Morgan fingerprint density at radius 1 is 1.04 bits per heavy atom. The summed E-state index contributed by atoms with van der Waals surface area (Å²) in [5.74, 6) is -0.705. The third-order valence-electron chi connectivity index (χ3n) is 10.2. The number of para-hydroxylation sites is 1. The van der Waals surface area contributed by atoms with E-state index in [1.807, 2.05) is 42.6 Å². The SMILES string of the molecule is COc1ccc2c(c1OC)O[C@H]1c3c(cc(O[C@@H]4O[C@@]5(C=CN[C@H](N)[C@H]5OC(=O)CC(=O)O)[C@@H](O)[C@H](O)[C@H]4O)cc3-c3c[nH]c4ccccc34)OC[C@@H]21. The van der Waals surface area contributed by atoms with Crippen LogP contribution in [0, 0.1) is 0 Å². The number of carbonyl (C=O) groups excluding carboxylic acids is 1. The zero-order chi connectivity index (χ0) is 37.2. The van der Waals surface area contributed by atoms with E-state index in [-0.39, 0.29) is 18.3 Å². The van der Waals surface area contributed by atoms with Gasteiger partial charge in [0.25, 0.3) is 0 Å². The topological polar surface area (TPSA) is 234 Å². The van der Waals surface area contributed by atoms with Gasteiger partial charge in [-0.15, -0.1) is 0 Å². The van der Waals surface area contributed by atoms with Crippen LogP contribution >= 0.6 is 0 Å². The Morgan fingerprint density at radius 2 is 1.85 bits per heavy atom. The van der Waals surface area contributed by atoms with Crippen LogP contribution < -0.4 is 34.7 Å². The van der Waals surface area contributed by atoms with Crippen LogP contribution in [-0.2, 0) is 19.1 Å². The zero-order valence-corrected chi connectivity index (χ0v) is 28.4. The zero-order valence-electron chi connectivity index (χ0n) is 28.4. The predicted molar refractivity (Wildman–Crippen MR) is 184 cm³/mol. The maximum absolute atomic E-state index is 12.5. The highest BCUT2D eigenvalue weighted by atomic mass is 16.7. The van der Waals surface area contributed by atoms with Gasteiger partial charge in [-0.25, -0.2) is 0 Å². The van der Waals surface area contributed by atoms with Gasteiger partial charge < -0.3 is 69.6 Å². The van der Waals surface area contributed by atoms with Gasteiger partial charge in [0.05, 0.1) is 26.7 Å². The molecule has 1 spiro atoms. The number of H-pyrrole nitrogens is 1. The second-order valence-electron chi connectivity index (χ2n) is 13.2. The van der Waals surface area contributed by atoms with Crippen molar-refractivity contribution in [3.63, 3.8) is 0 Å². The molecule has 9 atom stereocenters. The number of nitrogens with two attached hydrogens (primary N) is 1. The highest BCUT2D eigenvalue weighted by Gasteiger charge is 2.61. The largest absolute Gasteiger partial charge is 0.493 e. The molecule has 16 nitrogen and oxygen atoms in total. The van der Waals surface area contributed by atoms with Gasteiger partial charge >= 0.3 is 11.9 Å². The summed E-state index contributed by atoms with van der Waals surface area (Å²) in [5, 5.41) is 46.3. The molecule has 16 heteroatoms. The summed E-state index contributed by atoms with van der Waals surface area (Å²) in [7, 11) is 3.10. The van der Waals surface area contributed by atoms with Gasteiger partial charge in [-0.1, -0.05) is 24.3 Å². The number of hydrogen-bond donors (Lipinski definition) is 7. The number of carboxylic acid groups (broad SMARTS) is 1. The van der Waals surface area contributed by atoms with Gasteiger partial charge in [0.1, 0.15) is 48.5 Å². The van der Waals surface area contributed by atoms with Crippen LogP contribution in [-0.4, -0.2) is 101 Å². The van der Waals surface area contributed by atoms with E-state index in [1.54, 1.807) is 26.4 Å². The first-order valence-corrected chi connectivity index (χ1v) is 16.8. The number of aliphatic carboxylic acids is 1. The van der Waals surface area contributed by atoms with Crippen molar-refractivity contribution >= 4 is 22.8 Å². The number of benzene rings is 3. The number of carboxylic acids is 1. The standard InChI is InChI=1S/C37H37N3O13/c1-47-23-8-7-18-21-15-49-24-12-16(11-19(20-14-40-22-6-4-3-5-17(20)22)27(24)30(21)52-31(18)32(23)48-2)50-36-29(45)28(44)33(46)37(53-36)9-10-39-35(38)34(37)51-26(43)13-25(41)42/h3-12,14,21,28-30,33-36,39-40,44-46H,13,15,38H2,1-2H3,(H,41,42)/t21-,28+,29+,30+,33-,34+,35-,36+,37-/m0/s1. The van der Waals surface area contributed by atoms with Gasteiger partial charge in [-0.3, -0.25) is 9.59 Å². The number of methoxy groups -OCH3 is 2. The lowest BCUT2D eigenvalue weighted by atomic mass is 9.79. The van der Waals surface area contributed by atoms with Crippen molar-refractivity contribution in [2.45, 2.75) is 60.9 Å². The van der Waals surface area contributed by atoms with E-state index in [0.717, 1.165) is 27.6 Å². The molecular formula is C37H37N3O13. The molecule has 0 amide bonds. The summed E-state index contributed by atoms with van der Waals surface area (Å²) in [6.07, 6.45) is -7.03. The molecular weight excluding hydrogens is 694 g/mol.